The van der Waals surface area contributed by atoms with Gasteiger partial charge in [0.2, 0.25) is 5.88 Å². The Morgan fingerprint density at radius 1 is 1.07 bits per heavy atom. The van der Waals surface area contributed by atoms with Gasteiger partial charge in [0.05, 0.1) is 66.3 Å². The summed E-state index contributed by atoms with van der Waals surface area (Å²) in [6.07, 6.45) is -0.0847. The van der Waals surface area contributed by atoms with Gasteiger partial charge < -0.3 is 33.5 Å². The number of methoxy groups -OCH3 is 1. The maximum Gasteiger partial charge on any atom is 0.417 e. The molecule has 4 fully saturated rings. The van der Waals surface area contributed by atoms with Crippen molar-refractivity contribution in [1.82, 2.24) is 34.2 Å². The van der Waals surface area contributed by atoms with Crippen molar-refractivity contribution < 1.29 is 41.6 Å². The second kappa shape index (κ2) is 13.7. The van der Waals surface area contributed by atoms with Crippen molar-refractivity contribution in [2.75, 3.05) is 64.6 Å². The van der Waals surface area contributed by atoms with E-state index in [-0.39, 0.29) is 53.9 Å². The highest BCUT2D eigenvalue weighted by atomic mass is 19.4. The molecule has 17 heteroatoms. The van der Waals surface area contributed by atoms with E-state index in [1.54, 1.807) is 29.3 Å². The molecule has 0 spiro atoms. The summed E-state index contributed by atoms with van der Waals surface area (Å²) >= 11 is 0. The Morgan fingerprint density at radius 3 is 2.68 bits per heavy atom. The molecule has 4 atom stereocenters. The Bertz CT molecular complexity index is 2320. The molecule has 13 nitrogen and oxygen atoms in total. The SMILES string of the molecule is COc1cc2c3c(N4CCOC[C@@](C)(O)C4)nc(OC[C@@]45CCCN4C[C@H](F)C5)nc3n(C)c2c(-c2c(C(F)(F)F)c(C)cc3c2cnn3C2CCCCO2)n1. The summed E-state index contributed by atoms with van der Waals surface area (Å²) in [6.45, 7) is 5.88. The Hall–Kier alpha value is -4.32. The van der Waals surface area contributed by atoms with Crippen molar-refractivity contribution in [1.29, 1.82) is 0 Å². The molecule has 0 radical (unpaired) electrons. The first-order valence-corrected chi connectivity index (χ1v) is 19.3. The third kappa shape index (κ3) is 6.21. The van der Waals surface area contributed by atoms with Gasteiger partial charge in [0, 0.05) is 55.6 Å². The number of ether oxygens (including phenoxy) is 4. The Morgan fingerprint density at radius 2 is 1.91 bits per heavy atom. The third-order valence-corrected chi connectivity index (χ3v) is 12.0. The van der Waals surface area contributed by atoms with Crippen LogP contribution in [0, 0.1) is 6.92 Å². The van der Waals surface area contributed by atoms with E-state index in [4.69, 9.17) is 33.9 Å². The van der Waals surface area contributed by atoms with E-state index in [1.807, 2.05) is 4.90 Å². The minimum Gasteiger partial charge on any atom is -0.481 e. The number of aryl methyl sites for hydroxylation is 2. The van der Waals surface area contributed by atoms with E-state index >= 15 is 13.2 Å². The maximum absolute atomic E-state index is 15.3. The van der Waals surface area contributed by atoms with E-state index in [1.165, 1.54) is 26.3 Å². The summed E-state index contributed by atoms with van der Waals surface area (Å²) in [5, 5.41) is 17.2. The minimum atomic E-state index is -4.76. The zero-order chi connectivity index (χ0) is 39.1. The van der Waals surface area contributed by atoms with Gasteiger partial charge >= 0.3 is 12.2 Å². The second-order valence-corrected chi connectivity index (χ2v) is 16.1. The molecule has 4 aliphatic heterocycles. The van der Waals surface area contributed by atoms with E-state index in [9.17, 15) is 9.50 Å². The molecule has 0 saturated carbocycles. The van der Waals surface area contributed by atoms with Crippen LogP contribution in [-0.4, -0.2) is 116 Å². The molecule has 4 aliphatic rings. The zero-order valence-corrected chi connectivity index (χ0v) is 32.0. The summed E-state index contributed by atoms with van der Waals surface area (Å²) in [6, 6.07) is 3.23. The molecule has 4 saturated heterocycles. The molecular weight excluding hydrogens is 736 g/mol. The molecule has 0 aliphatic carbocycles. The van der Waals surface area contributed by atoms with Crippen molar-refractivity contribution in [3.63, 3.8) is 0 Å². The maximum atomic E-state index is 15.3. The molecule has 300 valence electrons. The summed E-state index contributed by atoms with van der Waals surface area (Å²) < 4.78 is 88.0. The van der Waals surface area contributed by atoms with Crippen molar-refractivity contribution in [2.45, 2.75) is 82.1 Å². The summed E-state index contributed by atoms with van der Waals surface area (Å²) in [7, 11) is 3.15. The smallest absolute Gasteiger partial charge is 0.417 e. The van der Waals surface area contributed by atoms with Gasteiger partial charge in [-0.1, -0.05) is 0 Å². The van der Waals surface area contributed by atoms with Gasteiger partial charge in [-0.3, -0.25) is 4.90 Å². The quantitative estimate of drug-likeness (QED) is 0.192. The number of benzene rings is 1. The molecule has 1 aromatic carbocycles. The van der Waals surface area contributed by atoms with Crippen molar-refractivity contribution in [3.05, 3.63) is 29.5 Å². The van der Waals surface area contributed by atoms with Gasteiger partial charge in [-0.25, -0.2) is 14.1 Å². The number of anilines is 1. The lowest BCUT2D eigenvalue weighted by atomic mass is 9.93. The summed E-state index contributed by atoms with van der Waals surface area (Å²) in [4.78, 5) is 18.6. The molecule has 0 amide bonds. The first-order chi connectivity index (χ1) is 26.8. The zero-order valence-electron chi connectivity index (χ0n) is 32.0. The van der Waals surface area contributed by atoms with Crippen LogP contribution in [0.15, 0.2) is 18.3 Å². The monoisotopic (exact) mass is 782 g/mol. The van der Waals surface area contributed by atoms with Crippen molar-refractivity contribution in [3.8, 4) is 23.1 Å². The van der Waals surface area contributed by atoms with E-state index in [0.717, 1.165) is 32.2 Å². The van der Waals surface area contributed by atoms with Gasteiger partial charge in [0.1, 0.15) is 29.8 Å². The van der Waals surface area contributed by atoms with E-state index in [0.29, 0.717) is 72.4 Å². The molecule has 1 unspecified atom stereocenters. The average Bonchev–Trinajstić information content (AvgIpc) is 3.87. The Labute approximate surface area is 320 Å². The van der Waals surface area contributed by atoms with Gasteiger partial charge in [-0.15, -0.1) is 0 Å². The standard InChI is InChI=1S/C39H46F4N8O5/c1-22-14-26-25(17-44-51(26)28-8-5-6-12-55-28)29(31(22)39(41,42)43)32-33-24(15-27(45-32)53-4)30-34(48(33)3)46-36(47-35(30)49-11-13-54-20-37(2,52)19-49)56-21-38-9-7-10-50(38)18-23(40)16-38/h14-15,17,23,28,52H,5-13,16,18-21H2,1-4H3/t23-,28?,37+,38+/m1/s1. The number of aromatic nitrogens is 6. The fourth-order valence-electron chi connectivity index (χ4n) is 9.53. The third-order valence-electron chi connectivity index (χ3n) is 12.0. The van der Waals surface area contributed by atoms with Gasteiger partial charge in [0.15, 0.2) is 6.23 Å². The number of halogens is 4. The van der Waals surface area contributed by atoms with Crippen LogP contribution in [0.5, 0.6) is 11.9 Å². The predicted octanol–water partition coefficient (Wildman–Crippen LogP) is 6.11. The number of rotatable bonds is 7. The summed E-state index contributed by atoms with van der Waals surface area (Å²) in [5.74, 6) is 0.495. The van der Waals surface area contributed by atoms with Crippen LogP contribution in [0.4, 0.5) is 23.4 Å². The molecule has 56 heavy (non-hydrogen) atoms. The number of hydrogen-bond donors (Lipinski definition) is 1. The fraction of sp³-hybridized carbons (Fsp3) is 0.590. The normalized spacial score (nSPS) is 26.4. The number of aliphatic hydroxyl groups is 1. The highest BCUT2D eigenvalue weighted by Gasteiger charge is 2.49. The number of alkyl halides is 4. The van der Waals surface area contributed by atoms with Crippen LogP contribution in [0.1, 0.15) is 62.8 Å². The van der Waals surface area contributed by atoms with Crippen molar-refractivity contribution in [2.24, 2.45) is 7.05 Å². The lowest BCUT2D eigenvalue weighted by molar-refractivity contribution is -0.137. The molecule has 1 N–H and O–H groups in total. The van der Waals surface area contributed by atoms with Gasteiger partial charge in [0.25, 0.3) is 0 Å². The van der Waals surface area contributed by atoms with E-state index < -0.39 is 35.3 Å². The number of fused-ring (bicyclic) bond motifs is 5. The minimum absolute atomic E-state index is 0.0137. The van der Waals surface area contributed by atoms with E-state index in [2.05, 4.69) is 10.00 Å². The predicted molar refractivity (Wildman–Crippen MR) is 200 cm³/mol. The number of nitrogens with zero attached hydrogens (tertiary/aromatic N) is 8. The lowest BCUT2D eigenvalue weighted by Gasteiger charge is -2.31. The first kappa shape index (κ1) is 37.3. The molecule has 0 bridgehead atoms. The fourth-order valence-corrected chi connectivity index (χ4v) is 9.53. The molecular formula is C39H46F4N8O5. The van der Waals surface area contributed by atoms with Crippen LogP contribution in [0.2, 0.25) is 0 Å². The Balaban J connectivity index is 1.30. The van der Waals surface area contributed by atoms with Crippen molar-refractivity contribution >= 4 is 38.7 Å². The molecule has 5 aromatic rings. The van der Waals surface area contributed by atoms with Crippen LogP contribution in [0.25, 0.3) is 44.1 Å². The molecule has 9 rings (SSSR count). The summed E-state index contributed by atoms with van der Waals surface area (Å²) in [5.41, 5.74) is -1.40. The average molecular weight is 783 g/mol. The van der Waals surface area contributed by atoms with Crippen LogP contribution in [-0.2, 0) is 22.7 Å². The van der Waals surface area contributed by atoms with Crippen LogP contribution < -0.4 is 14.4 Å². The Kier molecular flexibility index (Phi) is 9.09. The molecule has 4 aromatic heterocycles. The highest BCUT2D eigenvalue weighted by Crippen LogP contribution is 2.48. The first-order valence-electron chi connectivity index (χ1n) is 19.3. The van der Waals surface area contributed by atoms with Crippen LogP contribution in [0.3, 0.4) is 0 Å². The lowest BCUT2D eigenvalue weighted by Crippen LogP contribution is -2.44. The second-order valence-electron chi connectivity index (χ2n) is 16.1. The van der Waals surface area contributed by atoms with Gasteiger partial charge in [-0.2, -0.15) is 28.2 Å². The molecule has 8 heterocycles. The van der Waals surface area contributed by atoms with Gasteiger partial charge in [-0.05, 0) is 64.1 Å². The van der Waals surface area contributed by atoms with Crippen LogP contribution >= 0.6 is 0 Å². The topological polar surface area (TPSA) is 125 Å². The number of hydrogen-bond acceptors (Lipinski definition) is 11. The number of β-amino-alcohol motifs (C(OH)–C–C–N with tert-alkyl or cyclic N) is 1. The highest BCUT2D eigenvalue weighted by molar-refractivity contribution is 6.17. The largest absolute Gasteiger partial charge is 0.481 e. The number of pyridine rings is 1.